The Morgan fingerprint density at radius 2 is 2.14 bits per heavy atom. The van der Waals surface area contributed by atoms with Crippen LogP contribution >= 0.6 is 15.9 Å². The molecular formula is C16H25BrN2O2. The van der Waals surface area contributed by atoms with E-state index in [9.17, 15) is 4.79 Å². The summed E-state index contributed by atoms with van der Waals surface area (Å²) >= 11 is 3.45. The molecule has 0 aliphatic heterocycles. The highest BCUT2D eigenvalue weighted by Crippen LogP contribution is 2.20. The summed E-state index contributed by atoms with van der Waals surface area (Å²) in [5, 5.41) is 0. The monoisotopic (exact) mass is 356 g/mol. The molecule has 2 N–H and O–H groups in total. The van der Waals surface area contributed by atoms with Crippen molar-refractivity contribution in [3.63, 3.8) is 0 Å². The van der Waals surface area contributed by atoms with Gasteiger partial charge in [0.1, 0.15) is 0 Å². The lowest BCUT2D eigenvalue weighted by atomic mass is 10.2. The molecule has 118 valence electrons. The summed E-state index contributed by atoms with van der Waals surface area (Å²) in [6.07, 6.45) is 3.35. The van der Waals surface area contributed by atoms with Gasteiger partial charge in [-0.3, -0.25) is 4.79 Å². The Morgan fingerprint density at radius 1 is 1.33 bits per heavy atom. The largest absolute Gasteiger partial charge is 0.380 e. The first-order valence-corrected chi connectivity index (χ1v) is 8.32. The van der Waals surface area contributed by atoms with E-state index in [-0.39, 0.29) is 5.91 Å². The van der Waals surface area contributed by atoms with Crippen LogP contribution < -0.4 is 10.6 Å². The van der Waals surface area contributed by atoms with Gasteiger partial charge in [-0.2, -0.15) is 0 Å². The van der Waals surface area contributed by atoms with Gasteiger partial charge >= 0.3 is 0 Å². The number of carbonyl (C=O) groups excluding carboxylic acids is 1. The number of anilines is 1. The molecule has 4 nitrogen and oxygen atoms in total. The lowest BCUT2D eigenvalue weighted by molar-refractivity contribution is -0.118. The van der Waals surface area contributed by atoms with Gasteiger partial charge in [-0.05, 0) is 37.6 Å². The normalized spacial score (nSPS) is 10.6. The summed E-state index contributed by atoms with van der Waals surface area (Å²) in [5.74, 6) is 0.0950. The number of hydrogen-bond donors (Lipinski definition) is 1. The van der Waals surface area contributed by atoms with Crippen LogP contribution in [-0.4, -0.2) is 32.2 Å². The van der Waals surface area contributed by atoms with Gasteiger partial charge in [0.05, 0.1) is 6.61 Å². The maximum absolute atomic E-state index is 12.3. The molecule has 0 aliphatic carbocycles. The fourth-order valence-electron chi connectivity index (χ4n) is 1.93. The highest BCUT2D eigenvalue weighted by atomic mass is 79.9. The predicted octanol–water partition coefficient (Wildman–Crippen LogP) is 3.34. The van der Waals surface area contributed by atoms with Crippen LogP contribution in [0.3, 0.4) is 0 Å². The minimum absolute atomic E-state index is 0.0950. The average Bonchev–Trinajstić information content (AvgIpc) is 2.48. The molecule has 0 radical (unpaired) electrons. The van der Waals surface area contributed by atoms with Gasteiger partial charge in [0.2, 0.25) is 5.91 Å². The van der Waals surface area contributed by atoms with Crippen molar-refractivity contribution in [3.05, 3.63) is 28.7 Å². The Labute approximate surface area is 135 Å². The van der Waals surface area contributed by atoms with E-state index in [1.54, 1.807) is 4.90 Å². The number of carbonyl (C=O) groups is 1. The molecule has 0 fully saturated rings. The van der Waals surface area contributed by atoms with Gasteiger partial charge in [-0.15, -0.1) is 0 Å². The van der Waals surface area contributed by atoms with E-state index in [2.05, 4.69) is 22.9 Å². The molecule has 0 aliphatic rings. The molecule has 0 aromatic heterocycles. The van der Waals surface area contributed by atoms with Crippen LogP contribution in [-0.2, 0) is 9.53 Å². The summed E-state index contributed by atoms with van der Waals surface area (Å²) < 4.78 is 6.54. The smallest absolute Gasteiger partial charge is 0.227 e. The molecule has 0 saturated heterocycles. The number of nitrogens with zero attached hydrogens (tertiary/aromatic N) is 1. The first-order valence-electron chi connectivity index (χ1n) is 7.52. The van der Waals surface area contributed by atoms with Gasteiger partial charge in [0.25, 0.3) is 0 Å². The molecule has 5 heteroatoms. The highest BCUT2D eigenvalue weighted by Gasteiger charge is 2.15. The maximum atomic E-state index is 12.3. The van der Waals surface area contributed by atoms with Crippen molar-refractivity contribution in [2.75, 3.05) is 31.2 Å². The van der Waals surface area contributed by atoms with E-state index in [4.69, 9.17) is 10.5 Å². The average molecular weight is 357 g/mol. The standard InChI is InChI=1S/C16H25BrN2O2/c1-2-3-11-21-12-10-19(16(20)8-5-9-18)15-7-4-6-14(17)13-15/h4,6-7,13H,2-3,5,8-12,18H2,1H3. The van der Waals surface area contributed by atoms with Gasteiger partial charge < -0.3 is 15.4 Å². The second kappa shape index (κ2) is 10.8. The molecule has 0 spiro atoms. The molecule has 21 heavy (non-hydrogen) atoms. The van der Waals surface area contributed by atoms with Crippen molar-refractivity contribution in [2.24, 2.45) is 5.73 Å². The first kappa shape index (κ1) is 18.1. The number of nitrogens with two attached hydrogens (primary N) is 1. The van der Waals surface area contributed by atoms with Crippen molar-refractivity contribution < 1.29 is 9.53 Å². The SMILES string of the molecule is CCCCOCCN(C(=O)CCCN)c1cccc(Br)c1. The van der Waals surface area contributed by atoms with E-state index in [0.29, 0.717) is 32.5 Å². The first-order chi connectivity index (χ1) is 10.2. The summed E-state index contributed by atoms with van der Waals surface area (Å²) in [7, 11) is 0. The zero-order valence-corrected chi connectivity index (χ0v) is 14.3. The minimum Gasteiger partial charge on any atom is -0.380 e. The van der Waals surface area contributed by atoms with E-state index in [1.807, 2.05) is 24.3 Å². The molecule has 0 bridgehead atoms. The lowest BCUT2D eigenvalue weighted by Gasteiger charge is -2.23. The van der Waals surface area contributed by atoms with Gasteiger partial charge in [0.15, 0.2) is 0 Å². The zero-order valence-electron chi connectivity index (χ0n) is 12.7. The number of benzene rings is 1. The Morgan fingerprint density at radius 3 is 2.81 bits per heavy atom. The third-order valence-electron chi connectivity index (χ3n) is 3.12. The van der Waals surface area contributed by atoms with Gasteiger partial charge in [-0.1, -0.05) is 35.3 Å². The second-order valence-corrected chi connectivity index (χ2v) is 5.80. The number of unbranched alkanes of at least 4 members (excludes halogenated alkanes) is 1. The van der Waals surface area contributed by atoms with Crippen LogP contribution in [0.15, 0.2) is 28.7 Å². The van der Waals surface area contributed by atoms with Crippen LogP contribution in [0.2, 0.25) is 0 Å². The molecular weight excluding hydrogens is 332 g/mol. The van der Waals surface area contributed by atoms with Gasteiger partial charge in [-0.25, -0.2) is 0 Å². The molecule has 0 atom stereocenters. The summed E-state index contributed by atoms with van der Waals surface area (Å²) in [6, 6.07) is 7.77. The number of amides is 1. The van der Waals surface area contributed by atoms with Crippen LogP contribution in [0.4, 0.5) is 5.69 Å². The molecule has 0 unspecified atom stereocenters. The van der Waals surface area contributed by atoms with Crippen LogP contribution in [0.25, 0.3) is 0 Å². The lowest BCUT2D eigenvalue weighted by Crippen LogP contribution is -2.34. The quantitative estimate of drug-likeness (QED) is 0.654. The Balaban J connectivity index is 2.63. The summed E-state index contributed by atoms with van der Waals surface area (Å²) in [5.41, 5.74) is 6.39. The third-order valence-corrected chi connectivity index (χ3v) is 3.61. The third kappa shape index (κ3) is 7.07. The van der Waals surface area contributed by atoms with E-state index >= 15 is 0 Å². The fraction of sp³-hybridized carbons (Fsp3) is 0.562. The predicted molar refractivity (Wildman–Crippen MR) is 90.5 cm³/mol. The van der Waals surface area contributed by atoms with Gasteiger partial charge in [0, 0.05) is 29.7 Å². The van der Waals surface area contributed by atoms with Crippen molar-refractivity contribution >= 4 is 27.5 Å². The molecule has 1 aromatic carbocycles. The van der Waals surface area contributed by atoms with Crippen molar-refractivity contribution in [3.8, 4) is 0 Å². The molecule has 0 saturated carbocycles. The highest BCUT2D eigenvalue weighted by molar-refractivity contribution is 9.10. The van der Waals surface area contributed by atoms with Crippen molar-refractivity contribution in [1.29, 1.82) is 0 Å². The van der Waals surface area contributed by atoms with Crippen LogP contribution in [0, 0.1) is 0 Å². The fourth-order valence-corrected chi connectivity index (χ4v) is 2.32. The summed E-state index contributed by atoms with van der Waals surface area (Å²) in [4.78, 5) is 14.1. The van der Waals surface area contributed by atoms with E-state index < -0.39 is 0 Å². The number of rotatable bonds is 10. The number of hydrogen-bond acceptors (Lipinski definition) is 3. The van der Waals surface area contributed by atoms with Crippen molar-refractivity contribution in [2.45, 2.75) is 32.6 Å². The molecule has 1 aromatic rings. The second-order valence-electron chi connectivity index (χ2n) is 4.88. The Hall–Kier alpha value is -0.910. The van der Waals surface area contributed by atoms with E-state index in [1.165, 1.54) is 0 Å². The Bertz CT molecular complexity index is 426. The van der Waals surface area contributed by atoms with E-state index in [0.717, 1.165) is 29.6 Å². The Kier molecular flexibility index (Phi) is 9.30. The number of halogens is 1. The topological polar surface area (TPSA) is 55.6 Å². The molecule has 1 amide bonds. The van der Waals surface area contributed by atoms with Crippen LogP contribution in [0.1, 0.15) is 32.6 Å². The molecule has 1 rings (SSSR count). The summed E-state index contributed by atoms with van der Waals surface area (Å²) in [6.45, 7) is 4.54. The molecule has 0 heterocycles. The minimum atomic E-state index is 0.0950. The van der Waals surface area contributed by atoms with Crippen molar-refractivity contribution in [1.82, 2.24) is 0 Å². The maximum Gasteiger partial charge on any atom is 0.227 e. The number of ether oxygens (including phenoxy) is 1. The van der Waals surface area contributed by atoms with Crippen LogP contribution in [0.5, 0.6) is 0 Å². The zero-order chi connectivity index (χ0) is 15.5.